The fraction of sp³-hybridized carbons (Fsp3) is 0.583. The van der Waals surface area contributed by atoms with Crippen molar-refractivity contribution in [3.05, 3.63) is 28.5 Å². The number of likely N-dealkylation sites (N-methyl/N-ethyl adjacent to an activating group) is 1. The average molecular weight is 286 g/mol. The number of rotatable bonds is 7. The molecule has 1 aromatic heterocycles. The molecule has 0 saturated carbocycles. The maximum Gasteiger partial charge on any atom is 0.0544 e. The van der Waals surface area contributed by atoms with Crippen LogP contribution < -0.4 is 5.32 Å². The predicted molar refractivity (Wildman–Crippen MR) is 71.4 cm³/mol. The summed E-state index contributed by atoms with van der Waals surface area (Å²) in [5, 5.41) is 3.39. The third-order valence-corrected chi connectivity index (χ3v) is 2.79. The van der Waals surface area contributed by atoms with Gasteiger partial charge in [-0.05, 0) is 48.1 Å². The molecule has 0 unspecified atom stereocenters. The summed E-state index contributed by atoms with van der Waals surface area (Å²) in [5.41, 5.74) is 1.11. The van der Waals surface area contributed by atoms with Crippen molar-refractivity contribution < 1.29 is 0 Å². The van der Waals surface area contributed by atoms with Gasteiger partial charge < -0.3 is 5.32 Å². The van der Waals surface area contributed by atoms with Gasteiger partial charge in [0.1, 0.15) is 0 Å². The molecule has 90 valence electrons. The zero-order chi connectivity index (χ0) is 11.8. The minimum Gasteiger partial charge on any atom is -0.315 e. The number of aromatic nitrogens is 1. The molecule has 1 heterocycles. The van der Waals surface area contributed by atoms with E-state index in [9.17, 15) is 0 Å². The minimum atomic E-state index is 0.904. The first kappa shape index (κ1) is 13.6. The number of pyridine rings is 1. The molecule has 0 aromatic carbocycles. The van der Waals surface area contributed by atoms with Gasteiger partial charge >= 0.3 is 0 Å². The molecule has 0 aliphatic rings. The Labute approximate surface area is 106 Å². The normalized spacial score (nSPS) is 11.0. The van der Waals surface area contributed by atoms with E-state index in [2.05, 4.69) is 51.2 Å². The number of hydrogen-bond acceptors (Lipinski definition) is 3. The molecular formula is C12H20BrN3. The summed E-state index contributed by atoms with van der Waals surface area (Å²) in [5.74, 6) is 0. The number of halogens is 1. The van der Waals surface area contributed by atoms with Crippen molar-refractivity contribution in [1.82, 2.24) is 15.2 Å². The molecule has 3 nitrogen and oxygen atoms in total. The molecule has 1 rings (SSSR count). The van der Waals surface area contributed by atoms with E-state index < -0.39 is 0 Å². The van der Waals surface area contributed by atoms with Gasteiger partial charge in [0.15, 0.2) is 0 Å². The SMILES string of the molecule is CCCNCCN(C)Cc1ccc(Br)cn1. The molecule has 1 N–H and O–H groups in total. The Hall–Kier alpha value is -0.450. The van der Waals surface area contributed by atoms with Crippen molar-refractivity contribution in [3.63, 3.8) is 0 Å². The smallest absolute Gasteiger partial charge is 0.0544 e. The molecular weight excluding hydrogens is 266 g/mol. The Bertz CT molecular complexity index is 287. The summed E-state index contributed by atoms with van der Waals surface area (Å²) in [6.45, 7) is 6.28. The number of nitrogens with one attached hydrogen (secondary N) is 1. The van der Waals surface area contributed by atoms with Gasteiger partial charge in [0.2, 0.25) is 0 Å². The lowest BCUT2D eigenvalue weighted by Gasteiger charge is -2.16. The molecule has 0 fully saturated rings. The predicted octanol–water partition coefficient (Wildman–Crippen LogP) is 2.28. The highest BCUT2D eigenvalue weighted by molar-refractivity contribution is 9.10. The van der Waals surface area contributed by atoms with Gasteiger partial charge in [-0.25, -0.2) is 0 Å². The summed E-state index contributed by atoms with van der Waals surface area (Å²) in [6.07, 6.45) is 3.04. The highest BCUT2D eigenvalue weighted by atomic mass is 79.9. The molecule has 0 amide bonds. The first-order chi connectivity index (χ1) is 7.72. The van der Waals surface area contributed by atoms with Gasteiger partial charge in [-0.1, -0.05) is 6.92 Å². The Morgan fingerprint density at radius 2 is 2.19 bits per heavy atom. The van der Waals surface area contributed by atoms with Crippen LogP contribution in [0.3, 0.4) is 0 Å². The molecule has 16 heavy (non-hydrogen) atoms. The molecule has 0 saturated heterocycles. The lowest BCUT2D eigenvalue weighted by Crippen LogP contribution is -2.29. The molecule has 0 aliphatic heterocycles. The van der Waals surface area contributed by atoms with Crippen LogP contribution in [0, 0.1) is 0 Å². The zero-order valence-corrected chi connectivity index (χ0v) is 11.6. The zero-order valence-electron chi connectivity index (χ0n) is 10.0. The Kier molecular flexibility index (Phi) is 6.61. The van der Waals surface area contributed by atoms with Gasteiger partial charge in [0.05, 0.1) is 5.69 Å². The van der Waals surface area contributed by atoms with E-state index >= 15 is 0 Å². The van der Waals surface area contributed by atoms with Crippen LogP contribution in [0.4, 0.5) is 0 Å². The topological polar surface area (TPSA) is 28.2 Å². The van der Waals surface area contributed by atoms with Crippen LogP contribution in [0.1, 0.15) is 19.0 Å². The first-order valence-electron chi connectivity index (χ1n) is 5.72. The van der Waals surface area contributed by atoms with Crippen LogP contribution in [0.2, 0.25) is 0 Å². The summed E-state index contributed by atoms with van der Waals surface area (Å²) in [7, 11) is 2.12. The van der Waals surface area contributed by atoms with Crippen molar-refractivity contribution in [1.29, 1.82) is 0 Å². The monoisotopic (exact) mass is 285 g/mol. The van der Waals surface area contributed by atoms with Crippen molar-refractivity contribution in [2.45, 2.75) is 19.9 Å². The molecule has 0 aliphatic carbocycles. The standard InChI is InChI=1S/C12H20BrN3/c1-3-6-14-7-8-16(2)10-12-5-4-11(13)9-15-12/h4-5,9,14H,3,6-8,10H2,1-2H3. The van der Waals surface area contributed by atoms with Crippen LogP contribution in [0.25, 0.3) is 0 Å². The van der Waals surface area contributed by atoms with Crippen molar-refractivity contribution in [3.8, 4) is 0 Å². The molecule has 4 heteroatoms. The Morgan fingerprint density at radius 1 is 1.38 bits per heavy atom. The fourth-order valence-electron chi connectivity index (χ4n) is 1.43. The molecule has 0 spiro atoms. The largest absolute Gasteiger partial charge is 0.315 e. The fourth-order valence-corrected chi connectivity index (χ4v) is 1.66. The third-order valence-electron chi connectivity index (χ3n) is 2.32. The number of hydrogen-bond donors (Lipinski definition) is 1. The summed E-state index contributed by atoms with van der Waals surface area (Å²) in [4.78, 5) is 6.63. The Morgan fingerprint density at radius 3 is 2.81 bits per heavy atom. The number of nitrogens with zero attached hydrogens (tertiary/aromatic N) is 2. The van der Waals surface area contributed by atoms with E-state index in [1.54, 1.807) is 0 Å². The third kappa shape index (κ3) is 5.58. The second-order valence-corrected chi connectivity index (χ2v) is 4.87. The van der Waals surface area contributed by atoms with E-state index in [0.717, 1.165) is 36.3 Å². The highest BCUT2D eigenvalue weighted by Crippen LogP contribution is 2.08. The second kappa shape index (κ2) is 7.76. The summed E-state index contributed by atoms with van der Waals surface area (Å²) >= 11 is 3.38. The Balaban J connectivity index is 2.23. The molecule has 0 bridgehead atoms. The van der Waals surface area contributed by atoms with Crippen molar-refractivity contribution >= 4 is 15.9 Å². The quantitative estimate of drug-likeness (QED) is 0.779. The summed E-state index contributed by atoms with van der Waals surface area (Å²) < 4.78 is 1.03. The van der Waals surface area contributed by atoms with Gasteiger partial charge in [-0.15, -0.1) is 0 Å². The van der Waals surface area contributed by atoms with Gasteiger partial charge in [-0.3, -0.25) is 9.88 Å². The molecule has 0 atom stereocenters. The van der Waals surface area contributed by atoms with E-state index in [1.165, 1.54) is 6.42 Å². The first-order valence-corrected chi connectivity index (χ1v) is 6.51. The highest BCUT2D eigenvalue weighted by Gasteiger charge is 2.00. The van der Waals surface area contributed by atoms with E-state index in [4.69, 9.17) is 0 Å². The molecule has 0 radical (unpaired) electrons. The average Bonchev–Trinajstić information content (AvgIpc) is 2.28. The van der Waals surface area contributed by atoms with Gasteiger partial charge in [0, 0.05) is 30.3 Å². The van der Waals surface area contributed by atoms with Crippen LogP contribution >= 0.6 is 15.9 Å². The van der Waals surface area contributed by atoms with E-state index in [1.807, 2.05) is 12.3 Å². The lowest BCUT2D eigenvalue weighted by molar-refractivity contribution is 0.321. The van der Waals surface area contributed by atoms with E-state index in [-0.39, 0.29) is 0 Å². The summed E-state index contributed by atoms with van der Waals surface area (Å²) in [6, 6.07) is 4.09. The lowest BCUT2D eigenvalue weighted by atomic mass is 10.3. The van der Waals surface area contributed by atoms with Gasteiger partial charge in [0.25, 0.3) is 0 Å². The second-order valence-electron chi connectivity index (χ2n) is 3.96. The maximum atomic E-state index is 4.35. The van der Waals surface area contributed by atoms with Crippen LogP contribution in [0.15, 0.2) is 22.8 Å². The van der Waals surface area contributed by atoms with Crippen molar-refractivity contribution in [2.24, 2.45) is 0 Å². The minimum absolute atomic E-state index is 0.904. The van der Waals surface area contributed by atoms with Crippen molar-refractivity contribution in [2.75, 3.05) is 26.7 Å². The van der Waals surface area contributed by atoms with Crippen LogP contribution in [-0.2, 0) is 6.54 Å². The van der Waals surface area contributed by atoms with Gasteiger partial charge in [-0.2, -0.15) is 0 Å². The van der Waals surface area contributed by atoms with Crippen LogP contribution in [-0.4, -0.2) is 36.6 Å². The molecule has 1 aromatic rings. The maximum absolute atomic E-state index is 4.35. The van der Waals surface area contributed by atoms with E-state index in [0.29, 0.717) is 0 Å². The van der Waals surface area contributed by atoms with Crippen LogP contribution in [0.5, 0.6) is 0 Å².